The Bertz CT molecular complexity index is 986. The summed E-state index contributed by atoms with van der Waals surface area (Å²) in [6.45, 7) is 14.6. The topological polar surface area (TPSA) is 68.9 Å². The summed E-state index contributed by atoms with van der Waals surface area (Å²) >= 11 is 0. The van der Waals surface area contributed by atoms with Gasteiger partial charge in [-0.2, -0.15) is 0 Å². The van der Waals surface area contributed by atoms with Crippen molar-refractivity contribution in [2.24, 2.45) is 5.92 Å². The van der Waals surface area contributed by atoms with Crippen molar-refractivity contribution in [3.05, 3.63) is 64.5 Å². The van der Waals surface area contributed by atoms with Crippen molar-refractivity contribution in [2.45, 2.75) is 65.0 Å². The Morgan fingerprint density at radius 2 is 2.00 bits per heavy atom. The lowest BCUT2D eigenvalue weighted by molar-refractivity contribution is 0.0181. The first kappa shape index (κ1) is 24.5. The number of hydrogen-bond acceptors (Lipinski definition) is 5. The molecule has 1 aromatic carbocycles. The first-order chi connectivity index (χ1) is 15.8. The van der Waals surface area contributed by atoms with E-state index in [4.69, 9.17) is 21.0 Å². The van der Waals surface area contributed by atoms with Gasteiger partial charge in [-0.1, -0.05) is 6.07 Å². The highest BCUT2D eigenvalue weighted by Gasteiger charge is 2.26. The molecule has 7 nitrogen and oxygen atoms in total. The van der Waals surface area contributed by atoms with Gasteiger partial charge in [-0.3, -0.25) is 0 Å². The maximum Gasteiger partial charge on any atom is 0.410 e. The molecule has 2 heterocycles. The number of carbonyl (C=O) groups excluding carboxylic acids is 1. The zero-order valence-electron chi connectivity index (χ0n) is 20.1. The SMILES string of the molecule is [C-]#[N+]Cc1cc(Cc2nccc(CCC3CCN(C(=O)OC(C)(C)C)CC3)n2)ccc1OC. The molecule has 0 saturated carbocycles. The minimum Gasteiger partial charge on any atom is -0.496 e. The maximum atomic E-state index is 12.2. The molecular weight excluding hydrogens is 416 g/mol. The lowest BCUT2D eigenvalue weighted by Crippen LogP contribution is -2.41. The summed E-state index contributed by atoms with van der Waals surface area (Å²) in [6.07, 6.45) is 6.18. The molecule has 0 aliphatic carbocycles. The third kappa shape index (κ3) is 7.45. The molecule has 1 fully saturated rings. The quantitative estimate of drug-likeness (QED) is 0.551. The predicted molar refractivity (Wildman–Crippen MR) is 127 cm³/mol. The Morgan fingerprint density at radius 3 is 2.67 bits per heavy atom. The van der Waals surface area contributed by atoms with Crippen molar-refractivity contribution in [3.8, 4) is 5.75 Å². The molecule has 0 spiro atoms. The van der Waals surface area contributed by atoms with Gasteiger partial charge < -0.3 is 19.2 Å². The molecule has 1 aliphatic rings. The molecule has 2 aromatic rings. The number of piperidine rings is 1. The number of rotatable bonds is 7. The first-order valence-corrected chi connectivity index (χ1v) is 11.5. The van der Waals surface area contributed by atoms with Gasteiger partial charge >= 0.3 is 6.09 Å². The van der Waals surface area contributed by atoms with E-state index in [1.165, 1.54) is 0 Å². The molecule has 1 aliphatic heterocycles. The van der Waals surface area contributed by atoms with Gasteiger partial charge in [0.05, 0.1) is 12.7 Å². The van der Waals surface area contributed by atoms with Crippen molar-refractivity contribution < 1.29 is 14.3 Å². The number of likely N-dealkylation sites (tertiary alicyclic amines) is 1. The molecule has 1 aromatic heterocycles. The van der Waals surface area contributed by atoms with E-state index in [1.807, 2.05) is 56.1 Å². The van der Waals surface area contributed by atoms with E-state index in [-0.39, 0.29) is 6.09 Å². The normalized spacial score (nSPS) is 14.6. The Hall–Kier alpha value is -3.14. The molecule has 0 unspecified atom stereocenters. The molecule has 7 heteroatoms. The summed E-state index contributed by atoms with van der Waals surface area (Å²) < 4.78 is 10.8. The zero-order chi connectivity index (χ0) is 23.8. The molecule has 0 atom stereocenters. The fraction of sp³-hybridized carbons (Fsp3) is 0.538. The van der Waals surface area contributed by atoms with Crippen LogP contribution in [-0.4, -0.2) is 46.8 Å². The molecule has 0 N–H and O–H groups in total. The number of ether oxygens (including phenoxy) is 2. The average molecular weight is 451 g/mol. The highest BCUT2D eigenvalue weighted by Crippen LogP contribution is 2.24. The molecule has 1 amide bonds. The van der Waals surface area contributed by atoms with Crippen LogP contribution in [0.25, 0.3) is 4.85 Å². The van der Waals surface area contributed by atoms with Gasteiger partial charge in [0.15, 0.2) is 0 Å². The molecule has 0 radical (unpaired) electrons. The number of aromatic nitrogens is 2. The average Bonchev–Trinajstić information content (AvgIpc) is 2.78. The van der Waals surface area contributed by atoms with Crippen molar-refractivity contribution in [1.82, 2.24) is 14.9 Å². The minimum absolute atomic E-state index is 0.209. The van der Waals surface area contributed by atoms with Crippen molar-refractivity contribution in [3.63, 3.8) is 0 Å². The number of benzene rings is 1. The van der Waals surface area contributed by atoms with E-state index in [2.05, 4.69) is 9.83 Å². The predicted octanol–water partition coefficient (Wildman–Crippen LogP) is 5.07. The monoisotopic (exact) mass is 450 g/mol. The second kappa shape index (κ2) is 11.1. The van der Waals surface area contributed by atoms with Gasteiger partial charge in [-0.25, -0.2) is 21.3 Å². The Balaban J connectivity index is 1.52. The van der Waals surface area contributed by atoms with E-state index >= 15 is 0 Å². The third-order valence-corrected chi connectivity index (χ3v) is 5.79. The fourth-order valence-electron chi connectivity index (χ4n) is 4.08. The van der Waals surface area contributed by atoms with Crippen LogP contribution in [0, 0.1) is 12.5 Å². The second-order valence-corrected chi connectivity index (χ2v) is 9.55. The van der Waals surface area contributed by atoms with Gasteiger partial charge in [-0.05, 0) is 76.1 Å². The van der Waals surface area contributed by atoms with E-state index in [0.717, 1.165) is 67.2 Å². The number of methoxy groups -OCH3 is 1. The number of hydrogen-bond donors (Lipinski definition) is 0. The van der Waals surface area contributed by atoms with E-state index in [9.17, 15) is 4.79 Å². The van der Waals surface area contributed by atoms with Crippen LogP contribution in [-0.2, 0) is 24.1 Å². The Labute approximate surface area is 197 Å². The summed E-state index contributed by atoms with van der Waals surface area (Å²) in [5.41, 5.74) is 2.55. The number of aryl methyl sites for hydroxylation is 1. The van der Waals surface area contributed by atoms with Crippen molar-refractivity contribution in [2.75, 3.05) is 20.2 Å². The third-order valence-electron chi connectivity index (χ3n) is 5.79. The van der Waals surface area contributed by atoms with Crippen LogP contribution in [0.3, 0.4) is 0 Å². The van der Waals surface area contributed by atoms with Crippen molar-refractivity contribution >= 4 is 6.09 Å². The van der Waals surface area contributed by atoms with Crippen LogP contribution in [0.2, 0.25) is 0 Å². The number of amides is 1. The van der Waals surface area contributed by atoms with Gasteiger partial charge in [0, 0.05) is 31.4 Å². The molecule has 3 rings (SSSR count). The van der Waals surface area contributed by atoms with Crippen LogP contribution in [0.1, 0.15) is 62.7 Å². The second-order valence-electron chi connectivity index (χ2n) is 9.55. The van der Waals surface area contributed by atoms with Gasteiger partial charge in [0.1, 0.15) is 17.2 Å². The maximum absolute atomic E-state index is 12.2. The molecular formula is C26H34N4O3. The number of nitrogens with zero attached hydrogens (tertiary/aromatic N) is 4. The van der Waals surface area contributed by atoms with E-state index < -0.39 is 5.60 Å². The summed E-state index contributed by atoms with van der Waals surface area (Å²) in [5, 5.41) is 0. The van der Waals surface area contributed by atoms with Gasteiger partial charge in [-0.15, -0.1) is 0 Å². The Kier molecular flexibility index (Phi) is 8.26. The van der Waals surface area contributed by atoms with Crippen LogP contribution in [0.5, 0.6) is 5.75 Å². The minimum atomic E-state index is -0.455. The summed E-state index contributed by atoms with van der Waals surface area (Å²) in [7, 11) is 1.62. The lowest BCUT2D eigenvalue weighted by atomic mass is 9.91. The first-order valence-electron chi connectivity index (χ1n) is 11.5. The van der Waals surface area contributed by atoms with Crippen LogP contribution < -0.4 is 4.74 Å². The van der Waals surface area contributed by atoms with Gasteiger partial charge in [0.2, 0.25) is 6.54 Å². The largest absolute Gasteiger partial charge is 0.496 e. The zero-order valence-corrected chi connectivity index (χ0v) is 20.1. The van der Waals surface area contributed by atoms with Gasteiger partial charge in [0.25, 0.3) is 0 Å². The molecule has 1 saturated heterocycles. The summed E-state index contributed by atoms with van der Waals surface area (Å²) in [4.78, 5) is 26.8. The number of carbonyl (C=O) groups is 1. The van der Waals surface area contributed by atoms with Crippen LogP contribution in [0.15, 0.2) is 30.5 Å². The van der Waals surface area contributed by atoms with E-state index in [1.54, 1.807) is 7.11 Å². The van der Waals surface area contributed by atoms with Crippen molar-refractivity contribution in [1.29, 1.82) is 0 Å². The molecule has 0 bridgehead atoms. The Morgan fingerprint density at radius 1 is 1.24 bits per heavy atom. The highest BCUT2D eigenvalue weighted by molar-refractivity contribution is 5.68. The fourth-order valence-corrected chi connectivity index (χ4v) is 4.08. The molecule has 33 heavy (non-hydrogen) atoms. The van der Waals surface area contributed by atoms with Crippen LogP contribution >= 0.6 is 0 Å². The molecule has 176 valence electrons. The highest BCUT2D eigenvalue weighted by atomic mass is 16.6. The summed E-state index contributed by atoms with van der Waals surface area (Å²) in [5.74, 6) is 2.10. The lowest BCUT2D eigenvalue weighted by Gasteiger charge is -2.33. The standard InChI is InChI=1S/C26H34N4O3/c1-26(2,3)33-25(31)30-14-11-19(12-15-30)6-8-22-10-13-28-24(29-22)17-20-7-9-23(32-5)21(16-20)18-27-4/h7,9-10,13,16,19H,6,8,11-12,14-15,17-18H2,1-3,5H3. The smallest absolute Gasteiger partial charge is 0.410 e. The van der Waals surface area contributed by atoms with Crippen LogP contribution in [0.4, 0.5) is 4.79 Å². The van der Waals surface area contributed by atoms with E-state index in [0.29, 0.717) is 18.9 Å². The summed E-state index contributed by atoms with van der Waals surface area (Å²) in [6, 6.07) is 7.90.